The number of fused-ring (bicyclic) bond motifs is 1. The van der Waals surface area contributed by atoms with Crippen molar-refractivity contribution in [1.29, 1.82) is 0 Å². The van der Waals surface area contributed by atoms with E-state index >= 15 is 0 Å². The Morgan fingerprint density at radius 3 is 2.31 bits per heavy atom. The average Bonchev–Trinajstić information content (AvgIpc) is 3.32. The lowest BCUT2D eigenvalue weighted by atomic mass is 10.1. The number of aryl methyl sites for hydroxylation is 1. The number of anilines is 2. The summed E-state index contributed by atoms with van der Waals surface area (Å²) in [6.45, 7) is 2.56. The van der Waals surface area contributed by atoms with E-state index in [1.165, 1.54) is 16.6 Å². The van der Waals surface area contributed by atoms with Crippen LogP contribution in [0.5, 0.6) is 0 Å². The second-order valence-corrected chi connectivity index (χ2v) is 10.1. The van der Waals surface area contributed by atoms with Gasteiger partial charge < -0.3 is 4.90 Å². The van der Waals surface area contributed by atoms with Crippen molar-refractivity contribution in [3.05, 3.63) is 96.4 Å². The highest BCUT2D eigenvalue weighted by atomic mass is 32.2. The Morgan fingerprint density at radius 2 is 1.66 bits per heavy atom. The smallest absolute Gasteiger partial charge is 0.265 e. The van der Waals surface area contributed by atoms with Crippen LogP contribution >= 0.6 is 0 Å². The van der Waals surface area contributed by atoms with Crippen molar-refractivity contribution in [2.24, 2.45) is 0 Å². The molecule has 0 aliphatic carbocycles. The molecule has 9 heteroatoms. The van der Waals surface area contributed by atoms with Crippen molar-refractivity contribution < 1.29 is 13.2 Å². The largest absolute Gasteiger partial charge is 0.305 e. The lowest BCUT2D eigenvalue weighted by Crippen LogP contribution is -2.34. The first-order valence-corrected chi connectivity index (χ1v) is 12.9. The van der Waals surface area contributed by atoms with Crippen molar-refractivity contribution in [2.75, 3.05) is 15.7 Å². The number of hydrogen-bond acceptors (Lipinski definition) is 5. The zero-order chi connectivity index (χ0) is 24.4. The van der Waals surface area contributed by atoms with Crippen molar-refractivity contribution in [3.63, 3.8) is 0 Å². The van der Waals surface area contributed by atoms with Crippen LogP contribution in [0.4, 0.5) is 11.4 Å². The van der Waals surface area contributed by atoms with Crippen LogP contribution in [-0.2, 0) is 27.8 Å². The Hall–Kier alpha value is -3.98. The van der Waals surface area contributed by atoms with Gasteiger partial charge in [0.25, 0.3) is 10.0 Å². The maximum atomic E-state index is 13.2. The molecule has 0 fully saturated rings. The molecule has 5 rings (SSSR count). The highest BCUT2D eigenvalue weighted by Gasteiger charge is 2.28. The van der Waals surface area contributed by atoms with Crippen LogP contribution in [0, 0.1) is 0 Å². The SMILES string of the molecule is CCN(c1ccccc1)S(=O)(=O)c1ccc(-n2cc3c(n2)CCC(=O)N3Cc2ccccc2)nc1. The molecule has 4 aromatic rings. The van der Waals surface area contributed by atoms with Gasteiger partial charge in [-0.15, -0.1) is 0 Å². The minimum atomic E-state index is -3.77. The van der Waals surface area contributed by atoms with Crippen LogP contribution in [-0.4, -0.2) is 35.6 Å². The second-order valence-electron chi connectivity index (χ2n) is 8.23. The summed E-state index contributed by atoms with van der Waals surface area (Å²) in [5.74, 6) is 0.532. The highest BCUT2D eigenvalue weighted by molar-refractivity contribution is 7.92. The predicted octanol–water partition coefficient (Wildman–Crippen LogP) is 3.96. The Morgan fingerprint density at radius 1 is 0.943 bits per heavy atom. The van der Waals surface area contributed by atoms with Gasteiger partial charge >= 0.3 is 0 Å². The molecule has 3 heterocycles. The second kappa shape index (κ2) is 9.34. The third-order valence-corrected chi connectivity index (χ3v) is 7.88. The van der Waals surface area contributed by atoms with E-state index in [1.54, 1.807) is 53.0 Å². The standard InChI is InChI=1S/C26H25N5O3S/c1-2-31(21-11-7-4-8-12-21)35(33,34)22-13-15-25(27-17-22)30-19-24-23(28-30)14-16-26(32)29(24)18-20-9-5-3-6-10-20/h3-13,15,17,19H,2,14,16,18H2,1H3. The quantitative estimate of drug-likeness (QED) is 0.394. The monoisotopic (exact) mass is 487 g/mol. The molecule has 1 aliphatic heterocycles. The number of nitrogens with zero attached hydrogens (tertiary/aromatic N) is 5. The van der Waals surface area contributed by atoms with Gasteiger partial charge in [-0.05, 0) is 36.8 Å². The molecule has 0 spiro atoms. The summed E-state index contributed by atoms with van der Waals surface area (Å²) in [6.07, 6.45) is 4.09. The first-order valence-electron chi connectivity index (χ1n) is 11.4. The Kier molecular flexibility index (Phi) is 6.08. The van der Waals surface area contributed by atoms with E-state index in [-0.39, 0.29) is 10.8 Å². The molecule has 0 radical (unpaired) electrons. The summed E-state index contributed by atoms with van der Waals surface area (Å²) in [5, 5.41) is 4.64. The number of hydrogen-bond donors (Lipinski definition) is 0. The van der Waals surface area contributed by atoms with Gasteiger partial charge in [0.05, 0.1) is 29.8 Å². The third-order valence-electron chi connectivity index (χ3n) is 5.99. The first kappa shape index (κ1) is 22.8. The van der Waals surface area contributed by atoms with Gasteiger partial charge in [-0.3, -0.25) is 9.10 Å². The maximum absolute atomic E-state index is 13.2. The van der Waals surface area contributed by atoms with Gasteiger partial charge in [0, 0.05) is 25.6 Å². The fourth-order valence-corrected chi connectivity index (χ4v) is 5.65. The Bertz CT molecular complexity index is 1440. The van der Waals surface area contributed by atoms with E-state index in [2.05, 4.69) is 10.1 Å². The number of aromatic nitrogens is 3. The normalized spacial score (nSPS) is 13.5. The van der Waals surface area contributed by atoms with Gasteiger partial charge in [-0.1, -0.05) is 48.5 Å². The summed E-state index contributed by atoms with van der Waals surface area (Å²) < 4.78 is 29.4. The Labute approximate surface area is 204 Å². The Balaban J connectivity index is 1.42. The van der Waals surface area contributed by atoms with Crippen LogP contribution < -0.4 is 9.21 Å². The molecule has 178 valence electrons. The first-order chi connectivity index (χ1) is 17.0. The molecule has 0 unspecified atom stereocenters. The van der Waals surface area contributed by atoms with Crippen molar-refractivity contribution in [1.82, 2.24) is 14.8 Å². The number of rotatable bonds is 7. The number of carbonyl (C=O) groups excluding carboxylic acids is 1. The zero-order valence-electron chi connectivity index (χ0n) is 19.3. The molecular weight excluding hydrogens is 462 g/mol. The van der Waals surface area contributed by atoms with E-state index in [0.717, 1.165) is 16.9 Å². The topological polar surface area (TPSA) is 88.4 Å². The van der Waals surface area contributed by atoms with E-state index in [1.807, 2.05) is 36.4 Å². The van der Waals surface area contributed by atoms with Gasteiger partial charge in [0.2, 0.25) is 5.91 Å². The van der Waals surface area contributed by atoms with Crippen LogP contribution in [0.1, 0.15) is 24.6 Å². The highest BCUT2D eigenvalue weighted by Crippen LogP contribution is 2.30. The fraction of sp³-hybridized carbons (Fsp3) is 0.192. The summed E-state index contributed by atoms with van der Waals surface area (Å²) >= 11 is 0. The van der Waals surface area contributed by atoms with Crippen LogP contribution in [0.25, 0.3) is 5.82 Å². The summed E-state index contributed by atoms with van der Waals surface area (Å²) in [5.41, 5.74) is 3.21. The number of carbonyl (C=O) groups is 1. The van der Waals surface area contributed by atoms with E-state index < -0.39 is 10.0 Å². The summed E-state index contributed by atoms with van der Waals surface area (Å²) in [7, 11) is -3.77. The molecule has 8 nitrogen and oxygen atoms in total. The zero-order valence-corrected chi connectivity index (χ0v) is 20.1. The molecule has 0 saturated heterocycles. The van der Waals surface area contributed by atoms with E-state index in [0.29, 0.717) is 37.4 Å². The van der Waals surface area contributed by atoms with Gasteiger partial charge in [-0.2, -0.15) is 5.10 Å². The third kappa shape index (κ3) is 4.42. The minimum Gasteiger partial charge on any atom is -0.305 e. The van der Waals surface area contributed by atoms with Crippen molar-refractivity contribution in [3.8, 4) is 5.82 Å². The molecule has 0 saturated carbocycles. The van der Waals surface area contributed by atoms with E-state index in [4.69, 9.17) is 0 Å². The lowest BCUT2D eigenvalue weighted by Gasteiger charge is -2.26. The number of amides is 1. The molecule has 1 amide bonds. The summed E-state index contributed by atoms with van der Waals surface area (Å²) in [6, 6.07) is 22.0. The molecular formula is C26H25N5O3S. The van der Waals surface area contributed by atoms with Gasteiger partial charge in [0.15, 0.2) is 5.82 Å². The number of benzene rings is 2. The van der Waals surface area contributed by atoms with Gasteiger partial charge in [-0.25, -0.2) is 18.1 Å². The molecule has 0 N–H and O–H groups in total. The molecule has 2 aromatic heterocycles. The number of pyridine rings is 1. The molecule has 1 aliphatic rings. The maximum Gasteiger partial charge on any atom is 0.265 e. The van der Waals surface area contributed by atoms with Crippen molar-refractivity contribution in [2.45, 2.75) is 31.2 Å². The molecule has 0 atom stereocenters. The summed E-state index contributed by atoms with van der Waals surface area (Å²) in [4.78, 5) is 18.9. The van der Waals surface area contributed by atoms with Crippen LogP contribution in [0.2, 0.25) is 0 Å². The van der Waals surface area contributed by atoms with E-state index in [9.17, 15) is 13.2 Å². The number of para-hydroxylation sites is 1. The minimum absolute atomic E-state index is 0.0517. The fourth-order valence-electron chi connectivity index (χ4n) is 4.23. The van der Waals surface area contributed by atoms with Crippen LogP contribution in [0.3, 0.4) is 0 Å². The molecule has 35 heavy (non-hydrogen) atoms. The molecule has 2 aromatic carbocycles. The van der Waals surface area contributed by atoms with Crippen LogP contribution in [0.15, 0.2) is 90.1 Å². The molecule has 0 bridgehead atoms. The average molecular weight is 488 g/mol. The predicted molar refractivity (Wildman–Crippen MR) is 134 cm³/mol. The number of sulfonamides is 1. The van der Waals surface area contributed by atoms with Gasteiger partial charge in [0.1, 0.15) is 4.90 Å². The lowest BCUT2D eigenvalue weighted by molar-refractivity contribution is -0.119. The van der Waals surface area contributed by atoms with Crippen molar-refractivity contribution >= 4 is 27.3 Å².